The number of fused-ring (bicyclic) bond motifs is 1. The highest BCUT2D eigenvalue weighted by atomic mass is 35.5. The molecule has 2 aromatic rings. The molecular formula is C16H20ClN3OS2. The van der Waals surface area contributed by atoms with E-state index in [9.17, 15) is 4.79 Å². The van der Waals surface area contributed by atoms with E-state index in [1.165, 1.54) is 22.5 Å². The van der Waals surface area contributed by atoms with Crippen molar-refractivity contribution in [1.29, 1.82) is 0 Å². The molecule has 4 rings (SSSR count). The smallest absolute Gasteiger partial charge is 0.225 e. The number of benzene rings is 1. The summed E-state index contributed by atoms with van der Waals surface area (Å²) in [4.78, 5) is 16.8. The molecule has 0 bridgehead atoms. The van der Waals surface area contributed by atoms with E-state index >= 15 is 0 Å². The van der Waals surface area contributed by atoms with Gasteiger partial charge in [0.05, 0.1) is 15.2 Å². The summed E-state index contributed by atoms with van der Waals surface area (Å²) in [6.45, 7) is 0.999. The zero-order chi connectivity index (χ0) is 14.9. The number of anilines is 1. The maximum absolute atomic E-state index is 12.2. The Kier molecular flexibility index (Phi) is 5.46. The zero-order valence-electron chi connectivity index (χ0n) is 12.7. The Labute approximate surface area is 150 Å². The van der Waals surface area contributed by atoms with Gasteiger partial charge in [0.1, 0.15) is 0 Å². The van der Waals surface area contributed by atoms with Crippen molar-refractivity contribution in [3.05, 3.63) is 23.2 Å². The second-order valence-corrected chi connectivity index (χ2v) is 8.20. The van der Waals surface area contributed by atoms with Gasteiger partial charge in [0.2, 0.25) is 5.91 Å². The fourth-order valence-corrected chi connectivity index (χ4v) is 4.84. The monoisotopic (exact) mass is 369 g/mol. The number of rotatable bonds is 4. The van der Waals surface area contributed by atoms with Crippen LogP contribution >= 0.6 is 35.5 Å². The SMILES string of the molecule is Cl.O=C(CC1CSCCN1)Nc1ccc2nc(C3CC3)sc2c1. The van der Waals surface area contributed by atoms with Gasteiger partial charge in [-0.05, 0) is 31.0 Å². The number of nitrogens with zero attached hydrogens (tertiary/aromatic N) is 1. The highest BCUT2D eigenvalue weighted by Crippen LogP contribution is 2.43. The van der Waals surface area contributed by atoms with Gasteiger partial charge in [-0.1, -0.05) is 0 Å². The summed E-state index contributed by atoms with van der Waals surface area (Å²) in [6.07, 6.45) is 3.09. The Hall–Kier alpha value is -0.820. The topological polar surface area (TPSA) is 54.0 Å². The average molecular weight is 370 g/mol. The molecule has 2 fully saturated rings. The van der Waals surface area contributed by atoms with Crippen molar-refractivity contribution in [1.82, 2.24) is 10.3 Å². The van der Waals surface area contributed by atoms with Crippen LogP contribution in [0.4, 0.5) is 5.69 Å². The van der Waals surface area contributed by atoms with Gasteiger partial charge in [-0.15, -0.1) is 23.7 Å². The van der Waals surface area contributed by atoms with Crippen LogP contribution in [0.15, 0.2) is 18.2 Å². The van der Waals surface area contributed by atoms with Crippen molar-refractivity contribution in [2.24, 2.45) is 0 Å². The summed E-state index contributed by atoms with van der Waals surface area (Å²) in [5.41, 5.74) is 1.93. The van der Waals surface area contributed by atoms with Crippen LogP contribution < -0.4 is 10.6 Å². The van der Waals surface area contributed by atoms with Gasteiger partial charge in [0.15, 0.2) is 0 Å². The molecule has 2 N–H and O–H groups in total. The van der Waals surface area contributed by atoms with Crippen LogP contribution in [0, 0.1) is 0 Å². The largest absolute Gasteiger partial charge is 0.326 e. The Morgan fingerprint density at radius 3 is 3.00 bits per heavy atom. The van der Waals surface area contributed by atoms with E-state index in [1.807, 2.05) is 23.9 Å². The van der Waals surface area contributed by atoms with Crippen LogP contribution in [0.3, 0.4) is 0 Å². The predicted octanol–water partition coefficient (Wildman–Crippen LogP) is 3.63. The Morgan fingerprint density at radius 2 is 2.26 bits per heavy atom. The third-order valence-electron chi connectivity index (χ3n) is 4.05. The summed E-state index contributed by atoms with van der Waals surface area (Å²) < 4.78 is 1.17. The fraction of sp³-hybridized carbons (Fsp3) is 0.500. The Balaban J connectivity index is 0.00000156. The molecule has 2 heterocycles. The van der Waals surface area contributed by atoms with Crippen LogP contribution in [0.5, 0.6) is 0 Å². The number of carbonyl (C=O) groups excluding carboxylic acids is 1. The second-order valence-electron chi connectivity index (χ2n) is 5.99. The molecule has 0 spiro atoms. The van der Waals surface area contributed by atoms with Crippen molar-refractivity contribution in [2.45, 2.75) is 31.2 Å². The standard InChI is InChI=1S/C16H19N3OS2.ClH/c20-15(8-12-9-21-6-5-17-12)18-11-3-4-13-14(7-11)22-16(19-13)10-1-2-10;/h3-4,7,10,12,17H,1-2,5-6,8-9H2,(H,18,20);1H. The molecular weight excluding hydrogens is 350 g/mol. The molecule has 7 heteroatoms. The third-order valence-corrected chi connectivity index (χ3v) is 6.36. The first-order valence-corrected chi connectivity index (χ1v) is 9.76. The molecule has 1 saturated heterocycles. The molecule has 1 unspecified atom stereocenters. The highest BCUT2D eigenvalue weighted by Gasteiger charge is 2.27. The van der Waals surface area contributed by atoms with Crippen molar-refractivity contribution in [3.8, 4) is 0 Å². The quantitative estimate of drug-likeness (QED) is 0.864. The summed E-state index contributed by atoms with van der Waals surface area (Å²) in [7, 11) is 0. The number of halogens is 1. The predicted molar refractivity (Wildman–Crippen MR) is 101 cm³/mol. The molecule has 1 amide bonds. The van der Waals surface area contributed by atoms with Crippen LogP contribution in [-0.2, 0) is 4.79 Å². The van der Waals surface area contributed by atoms with Gasteiger partial charge >= 0.3 is 0 Å². The first-order valence-electron chi connectivity index (χ1n) is 7.79. The van der Waals surface area contributed by atoms with E-state index < -0.39 is 0 Å². The zero-order valence-corrected chi connectivity index (χ0v) is 15.2. The molecule has 1 aliphatic carbocycles. The number of thioether (sulfide) groups is 1. The molecule has 2 aliphatic rings. The van der Waals surface area contributed by atoms with Crippen molar-refractivity contribution >= 4 is 57.3 Å². The minimum absolute atomic E-state index is 0. The summed E-state index contributed by atoms with van der Waals surface area (Å²) in [6, 6.07) is 6.33. The van der Waals surface area contributed by atoms with Crippen LogP contribution in [0.1, 0.15) is 30.2 Å². The van der Waals surface area contributed by atoms with Crippen molar-refractivity contribution in [2.75, 3.05) is 23.4 Å². The normalized spacial score (nSPS) is 21.0. The minimum atomic E-state index is 0. The first kappa shape index (κ1) is 17.0. The van der Waals surface area contributed by atoms with E-state index in [-0.39, 0.29) is 18.3 Å². The average Bonchev–Trinajstić information content (AvgIpc) is 3.28. The van der Waals surface area contributed by atoms with Gasteiger partial charge < -0.3 is 10.6 Å². The summed E-state index contributed by atoms with van der Waals surface area (Å²) >= 11 is 3.68. The first-order chi connectivity index (χ1) is 10.8. The van der Waals surface area contributed by atoms with E-state index in [0.717, 1.165) is 29.3 Å². The van der Waals surface area contributed by atoms with E-state index in [0.29, 0.717) is 18.4 Å². The van der Waals surface area contributed by atoms with E-state index in [1.54, 1.807) is 11.3 Å². The van der Waals surface area contributed by atoms with Gasteiger partial charge in [-0.25, -0.2) is 4.98 Å². The van der Waals surface area contributed by atoms with E-state index in [2.05, 4.69) is 21.7 Å². The lowest BCUT2D eigenvalue weighted by molar-refractivity contribution is -0.116. The molecule has 1 aromatic heterocycles. The molecule has 1 atom stereocenters. The molecule has 0 radical (unpaired) electrons. The van der Waals surface area contributed by atoms with Crippen molar-refractivity contribution in [3.63, 3.8) is 0 Å². The maximum Gasteiger partial charge on any atom is 0.225 e. The minimum Gasteiger partial charge on any atom is -0.326 e. The molecule has 23 heavy (non-hydrogen) atoms. The number of amides is 1. The Morgan fingerprint density at radius 1 is 1.39 bits per heavy atom. The van der Waals surface area contributed by atoms with Crippen LogP contribution in [0.25, 0.3) is 10.2 Å². The highest BCUT2D eigenvalue weighted by molar-refractivity contribution is 7.99. The van der Waals surface area contributed by atoms with Gasteiger partial charge in [0.25, 0.3) is 0 Å². The molecule has 124 valence electrons. The molecule has 1 aromatic carbocycles. The lowest BCUT2D eigenvalue weighted by Gasteiger charge is -2.22. The number of nitrogens with one attached hydrogen (secondary N) is 2. The van der Waals surface area contributed by atoms with Crippen LogP contribution in [-0.4, -0.2) is 35.0 Å². The lowest BCUT2D eigenvalue weighted by Crippen LogP contribution is -2.39. The second kappa shape index (κ2) is 7.38. The van der Waals surface area contributed by atoms with Gasteiger partial charge in [-0.3, -0.25) is 4.79 Å². The summed E-state index contributed by atoms with van der Waals surface area (Å²) in [5.74, 6) is 2.94. The molecule has 1 saturated carbocycles. The number of hydrogen-bond donors (Lipinski definition) is 2. The number of carbonyl (C=O) groups is 1. The van der Waals surface area contributed by atoms with E-state index in [4.69, 9.17) is 0 Å². The lowest BCUT2D eigenvalue weighted by atomic mass is 10.2. The van der Waals surface area contributed by atoms with Crippen molar-refractivity contribution < 1.29 is 4.79 Å². The number of hydrogen-bond acceptors (Lipinski definition) is 5. The third kappa shape index (κ3) is 4.18. The van der Waals surface area contributed by atoms with Crippen LogP contribution in [0.2, 0.25) is 0 Å². The number of aromatic nitrogens is 1. The summed E-state index contributed by atoms with van der Waals surface area (Å²) in [5, 5.41) is 7.68. The maximum atomic E-state index is 12.2. The van der Waals surface area contributed by atoms with Gasteiger partial charge in [0, 0.05) is 42.1 Å². The Bertz CT molecular complexity index is 696. The van der Waals surface area contributed by atoms with Gasteiger partial charge in [-0.2, -0.15) is 11.8 Å². The fourth-order valence-electron chi connectivity index (χ4n) is 2.71. The molecule has 4 nitrogen and oxygen atoms in total. The molecule has 1 aliphatic heterocycles. The number of thiazole rings is 1.